The number of rotatable bonds is 3. The van der Waals surface area contributed by atoms with Crippen LogP contribution in [0.2, 0.25) is 0 Å². The molecule has 0 aromatic carbocycles. The molecule has 2 aromatic heterocycles. The first-order valence-corrected chi connectivity index (χ1v) is 5.64. The Kier molecular flexibility index (Phi) is 3.73. The lowest BCUT2D eigenvalue weighted by molar-refractivity contribution is -0.138. The molecule has 0 spiro atoms. The van der Waals surface area contributed by atoms with Gasteiger partial charge in [-0.1, -0.05) is 0 Å². The van der Waals surface area contributed by atoms with Crippen molar-refractivity contribution in [3.63, 3.8) is 0 Å². The van der Waals surface area contributed by atoms with Crippen LogP contribution >= 0.6 is 0 Å². The summed E-state index contributed by atoms with van der Waals surface area (Å²) in [6.45, 7) is -1.30. The average Bonchev–Trinajstić information content (AvgIpc) is 2.86. The standard InChI is InChI=1S/C12H11F3N4O/c1-18(8-12(13,14)15)11(20)9-5-17-19(7-9)10-3-2-4-16-6-10/h2-7H,8H2,1H3. The maximum Gasteiger partial charge on any atom is 0.406 e. The van der Waals surface area contributed by atoms with E-state index < -0.39 is 18.6 Å². The minimum absolute atomic E-state index is 0.0839. The molecule has 0 unspecified atom stereocenters. The van der Waals surface area contributed by atoms with Crippen LogP contribution in [0, 0.1) is 0 Å². The van der Waals surface area contributed by atoms with Crippen LogP contribution in [-0.4, -0.2) is 45.3 Å². The lowest BCUT2D eigenvalue weighted by Crippen LogP contribution is -2.35. The molecule has 20 heavy (non-hydrogen) atoms. The number of carbonyl (C=O) groups excluding carboxylic acids is 1. The zero-order chi connectivity index (χ0) is 14.8. The first-order chi connectivity index (χ1) is 9.37. The van der Waals surface area contributed by atoms with E-state index in [0.717, 1.165) is 7.05 Å². The maximum absolute atomic E-state index is 12.2. The molecule has 0 fully saturated rings. The molecule has 0 saturated heterocycles. The van der Waals surface area contributed by atoms with Gasteiger partial charge in [-0.2, -0.15) is 18.3 Å². The maximum atomic E-state index is 12.2. The Morgan fingerprint density at radius 1 is 1.40 bits per heavy atom. The summed E-state index contributed by atoms with van der Waals surface area (Å²) in [6.07, 6.45) is 1.27. The summed E-state index contributed by atoms with van der Waals surface area (Å²) in [5.41, 5.74) is 0.700. The summed E-state index contributed by atoms with van der Waals surface area (Å²) in [5.74, 6) is -0.738. The molecule has 106 valence electrons. The van der Waals surface area contributed by atoms with Crippen molar-refractivity contribution < 1.29 is 18.0 Å². The van der Waals surface area contributed by atoms with E-state index in [4.69, 9.17) is 0 Å². The second-order valence-electron chi connectivity index (χ2n) is 4.16. The van der Waals surface area contributed by atoms with Gasteiger partial charge >= 0.3 is 6.18 Å². The Morgan fingerprint density at radius 2 is 2.15 bits per heavy atom. The normalized spacial score (nSPS) is 11.4. The SMILES string of the molecule is CN(CC(F)(F)F)C(=O)c1cnn(-c2cccnc2)c1. The van der Waals surface area contributed by atoms with E-state index in [1.807, 2.05) is 0 Å². The van der Waals surface area contributed by atoms with Gasteiger partial charge < -0.3 is 4.90 Å². The van der Waals surface area contributed by atoms with Crippen molar-refractivity contribution in [2.45, 2.75) is 6.18 Å². The lowest BCUT2D eigenvalue weighted by Gasteiger charge is -2.17. The molecule has 2 heterocycles. The highest BCUT2D eigenvalue weighted by Crippen LogP contribution is 2.17. The number of carbonyl (C=O) groups is 1. The number of hydrogen-bond acceptors (Lipinski definition) is 3. The fourth-order valence-corrected chi connectivity index (χ4v) is 1.62. The van der Waals surface area contributed by atoms with Crippen LogP contribution in [0.15, 0.2) is 36.9 Å². The van der Waals surface area contributed by atoms with Gasteiger partial charge in [-0.25, -0.2) is 4.68 Å². The molecule has 2 aromatic rings. The minimum Gasteiger partial charge on any atom is -0.333 e. The van der Waals surface area contributed by atoms with Crippen molar-refractivity contribution in [1.29, 1.82) is 0 Å². The third-order valence-corrected chi connectivity index (χ3v) is 2.50. The molecule has 0 bridgehead atoms. The third-order valence-electron chi connectivity index (χ3n) is 2.50. The van der Waals surface area contributed by atoms with Gasteiger partial charge in [0.25, 0.3) is 5.91 Å². The van der Waals surface area contributed by atoms with E-state index >= 15 is 0 Å². The van der Waals surface area contributed by atoms with E-state index in [9.17, 15) is 18.0 Å². The molecule has 1 amide bonds. The van der Waals surface area contributed by atoms with Gasteiger partial charge in [0.05, 0.1) is 23.6 Å². The summed E-state index contributed by atoms with van der Waals surface area (Å²) < 4.78 is 38.1. The largest absolute Gasteiger partial charge is 0.406 e. The van der Waals surface area contributed by atoms with Crippen molar-refractivity contribution in [2.75, 3.05) is 13.6 Å². The molecular formula is C12H11F3N4O. The average molecular weight is 284 g/mol. The fraction of sp³-hybridized carbons (Fsp3) is 0.250. The van der Waals surface area contributed by atoms with Crippen LogP contribution in [0.4, 0.5) is 13.2 Å². The summed E-state index contributed by atoms with van der Waals surface area (Å²) in [5, 5.41) is 3.93. The summed E-state index contributed by atoms with van der Waals surface area (Å²) in [4.78, 5) is 16.3. The first-order valence-electron chi connectivity index (χ1n) is 5.64. The second-order valence-corrected chi connectivity index (χ2v) is 4.16. The van der Waals surface area contributed by atoms with Gasteiger partial charge in [-0.15, -0.1) is 0 Å². The third kappa shape index (κ3) is 3.34. The van der Waals surface area contributed by atoms with Crippen LogP contribution in [-0.2, 0) is 0 Å². The molecule has 8 heteroatoms. The van der Waals surface area contributed by atoms with E-state index in [1.165, 1.54) is 23.3 Å². The summed E-state index contributed by atoms with van der Waals surface area (Å²) in [7, 11) is 1.09. The number of aromatic nitrogens is 3. The van der Waals surface area contributed by atoms with E-state index in [1.54, 1.807) is 18.3 Å². The fourth-order valence-electron chi connectivity index (χ4n) is 1.62. The molecule has 0 N–H and O–H groups in total. The predicted molar refractivity (Wildman–Crippen MR) is 64.4 cm³/mol. The van der Waals surface area contributed by atoms with E-state index in [-0.39, 0.29) is 5.56 Å². The molecule has 5 nitrogen and oxygen atoms in total. The van der Waals surface area contributed by atoms with Crippen molar-refractivity contribution in [2.24, 2.45) is 0 Å². The molecule has 2 rings (SSSR count). The van der Waals surface area contributed by atoms with Crippen LogP contribution in [0.5, 0.6) is 0 Å². The molecular weight excluding hydrogens is 273 g/mol. The van der Waals surface area contributed by atoms with Crippen LogP contribution in [0.3, 0.4) is 0 Å². The van der Waals surface area contributed by atoms with E-state index in [2.05, 4.69) is 10.1 Å². The minimum atomic E-state index is -4.43. The van der Waals surface area contributed by atoms with Crippen molar-refractivity contribution >= 4 is 5.91 Å². The number of alkyl halides is 3. The number of nitrogens with zero attached hydrogens (tertiary/aromatic N) is 4. The Hall–Kier alpha value is -2.38. The van der Waals surface area contributed by atoms with Crippen LogP contribution in [0.1, 0.15) is 10.4 Å². The quantitative estimate of drug-likeness (QED) is 0.865. The first kappa shape index (κ1) is 14.0. The Bertz CT molecular complexity index is 594. The molecule has 0 aliphatic rings. The topological polar surface area (TPSA) is 51.0 Å². The monoisotopic (exact) mass is 284 g/mol. The summed E-state index contributed by atoms with van der Waals surface area (Å²) >= 11 is 0. The van der Waals surface area contributed by atoms with Crippen molar-refractivity contribution in [3.05, 3.63) is 42.5 Å². The van der Waals surface area contributed by atoms with Gasteiger partial charge in [0, 0.05) is 19.4 Å². The number of halogens is 3. The summed E-state index contributed by atoms with van der Waals surface area (Å²) in [6, 6.07) is 3.40. The highest BCUT2D eigenvalue weighted by atomic mass is 19.4. The lowest BCUT2D eigenvalue weighted by atomic mass is 10.3. The smallest absolute Gasteiger partial charge is 0.333 e. The Morgan fingerprint density at radius 3 is 2.75 bits per heavy atom. The van der Waals surface area contributed by atoms with Gasteiger partial charge in [-0.05, 0) is 12.1 Å². The van der Waals surface area contributed by atoms with Crippen LogP contribution < -0.4 is 0 Å². The molecule has 0 aliphatic carbocycles. The zero-order valence-electron chi connectivity index (χ0n) is 10.5. The highest BCUT2D eigenvalue weighted by Gasteiger charge is 2.31. The highest BCUT2D eigenvalue weighted by molar-refractivity contribution is 5.93. The zero-order valence-corrected chi connectivity index (χ0v) is 10.5. The van der Waals surface area contributed by atoms with Gasteiger partial charge in [0.15, 0.2) is 0 Å². The number of amides is 1. The van der Waals surface area contributed by atoms with Crippen molar-refractivity contribution in [3.8, 4) is 5.69 Å². The second kappa shape index (κ2) is 5.32. The van der Waals surface area contributed by atoms with Gasteiger partial charge in [0.2, 0.25) is 0 Å². The Labute approximate surface area is 112 Å². The number of hydrogen-bond donors (Lipinski definition) is 0. The number of pyridine rings is 1. The van der Waals surface area contributed by atoms with Gasteiger partial charge in [-0.3, -0.25) is 9.78 Å². The molecule has 0 aliphatic heterocycles. The van der Waals surface area contributed by atoms with Gasteiger partial charge in [0.1, 0.15) is 6.54 Å². The molecule has 0 atom stereocenters. The Balaban J connectivity index is 2.15. The van der Waals surface area contributed by atoms with Crippen molar-refractivity contribution in [1.82, 2.24) is 19.7 Å². The molecule has 0 saturated carbocycles. The predicted octanol–water partition coefficient (Wildman–Crippen LogP) is 1.90. The molecule has 0 radical (unpaired) electrons. The van der Waals surface area contributed by atoms with E-state index in [0.29, 0.717) is 10.6 Å². The van der Waals surface area contributed by atoms with Crippen LogP contribution in [0.25, 0.3) is 5.69 Å².